The van der Waals surface area contributed by atoms with E-state index in [0.29, 0.717) is 17.0 Å². The molecule has 1 aromatic heterocycles. The number of aryl methyl sites for hydroxylation is 1. The van der Waals surface area contributed by atoms with E-state index in [1.54, 1.807) is 7.11 Å². The molecule has 154 valence electrons. The average molecular weight is 431 g/mol. The Kier molecular flexibility index (Phi) is 7.41. The van der Waals surface area contributed by atoms with Gasteiger partial charge in [-0.15, -0.1) is 0 Å². The number of halogens is 1. The Balaban J connectivity index is 0.000000500. The van der Waals surface area contributed by atoms with E-state index in [4.69, 9.17) is 26.7 Å². The minimum absolute atomic E-state index is 0.00484. The maximum atomic E-state index is 12.4. The lowest BCUT2D eigenvalue weighted by molar-refractivity contribution is 0.0919. The molecule has 0 saturated heterocycles. The summed E-state index contributed by atoms with van der Waals surface area (Å²) in [5.41, 5.74) is 2.59. The highest BCUT2D eigenvalue weighted by Gasteiger charge is 2.24. The molecular formula is C17H23ClN4O5S. The van der Waals surface area contributed by atoms with E-state index in [0.717, 1.165) is 42.3 Å². The summed E-state index contributed by atoms with van der Waals surface area (Å²) >= 11 is 6.36. The third kappa shape index (κ3) is 5.44. The summed E-state index contributed by atoms with van der Waals surface area (Å²) in [6, 6.07) is 5.67. The number of carbonyl (C=O) groups excluding carboxylic acids is 1. The van der Waals surface area contributed by atoms with Gasteiger partial charge in [0.1, 0.15) is 12.0 Å². The Hall–Kier alpha value is -2.14. The van der Waals surface area contributed by atoms with Crippen LogP contribution >= 0.6 is 11.6 Å². The highest BCUT2D eigenvalue weighted by atomic mass is 35.5. The van der Waals surface area contributed by atoms with Crippen LogP contribution in [-0.2, 0) is 21.4 Å². The number of carbonyl (C=O) groups is 1. The van der Waals surface area contributed by atoms with E-state index in [1.807, 2.05) is 22.8 Å². The minimum atomic E-state index is -3.67. The van der Waals surface area contributed by atoms with Crippen molar-refractivity contribution in [2.75, 3.05) is 13.4 Å². The number of aromatic nitrogens is 1. The van der Waals surface area contributed by atoms with Crippen molar-refractivity contribution in [3.05, 3.63) is 34.5 Å². The lowest BCUT2D eigenvalue weighted by atomic mass is 9.99. The summed E-state index contributed by atoms with van der Waals surface area (Å²) in [4.78, 5) is 12.4. The molecule has 1 aliphatic rings. The molecule has 4 N–H and O–H groups in total. The zero-order valence-electron chi connectivity index (χ0n) is 15.6. The second kappa shape index (κ2) is 9.37. The highest BCUT2D eigenvalue weighted by molar-refractivity contribution is 7.85. The molecule has 1 aliphatic heterocycles. The molecule has 0 spiro atoms. The summed E-state index contributed by atoms with van der Waals surface area (Å²) in [6.07, 6.45) is 4.86. The SMILES string of the molecule is COC1CCCCn2c(C(=O)NC=NN)cc3c(Cl)ccc1c32.CS(=O)(=O)O. The molecule has 9 nitrogen and oxygen atoms in total. The van der Waals surface area contributed by atoms with Crippen LogP contribution < -0.4 is 11.2 Å². The van der Waals surface area contributed by atoms with Crippen LogP contribution in [0.2, 0.25) is 5.02 Å². The second-order valence-electron chi connectivity index (χ2n) is 6.28. The first-order valence-electron chi connectivity index (χ1n) is 8.46. The molecule has 0 bridgehead atoms. The number of ether oxygens (including phenoxy) is 1. The normalized spacial score (nSPS) is 16.9. The smallest absolute Gasteiger partial charge is 0.273 e. The molecule has 1 unspecified atom stereocenters. The lowest BCUT2D eigenvalue weighted by Crippen LogP contribution is -2.25. The van der Waals surface area contributed by atoms with Gasteiger partial charge in [0.15, 0.2) is 0 Å². The number of nitrogens with two attached hydrogens (primary N) is 1. The van der Waals surface area contributed by atoms with Crippen molar-refractivity contribution < 1.29 is 22.5 Å². The predicted octanol–water partition coefficient (Wildman–Crippen LogP) is 2.30. The Morgan fingerprint density at radius 2 is 2.14 bits per heavy atom. The Morgan fingerprint density at radius 3 is 2.75 bits per heavy atom. The number of amides is 1. The van der Waals surface area contributed by atoms with Gasteiger partial charge < -0.3 is 20.5 Å². The van der Waals surface area contributed by atoms with Gasteiger partial charge in [0.2, 0.25) is 0 Å². The van der Waals surface area contributed by atoms with Gasteiger partial charge in [-0.25, -0.2) is 0 Å². The summed E-state index contributed by atoms with van der Waals surface area (Å²) in [7, 11) is -1.95. The number of hydrogen-bond acceptors (Lipinski definition) is 6. The second-order valence-corrected chi connectivity index (χ2v) is 8.16. The van der Waals surface area contributed by atoms with Gasteiger partial charge in [0, 0.05) is 29.6 Å². The molecule has 2 heterocycles. The molecule has 2 aromatic rings. The van der Waals surface area contributed by atoms with E-state index in [1.165, 1.54) is 6.34 Å². The number of benzene rings is 1. The van der Waals surface area contributed by atoms with E-state index in [9.17, 15) is 13.2 Å². The van der Waals surface area contributed by atoms with Crippen LogP contribution in [0.4, 0.5) is 0 Å². The first-order valence-corrected chi connectivity index (χ1v) is 10.7. The van der Waals surface area contributed by atoms with Crippen molar-refractivity contribution in [3.63, 3.8) is 0 Å². The quantitative estimate of drug-likeness (QED) is 0.225. The van der Waals surface area contributed by atoms with Gasteiger partial charge in [-0.3, -0.25) is 9.35 Å². The molecule has 11 heteroatoms. The van der Waals surface area contributed by atoms with Crippen molar-refractivity contribution in [1.82, 2.24) is 9.88 Å². The van der Waals surface area contributed by atoms with Crippen LogP contribution in [0.15, 0.2) is 23.3 Å². The van der Waals surface area contributed by atoms with Gasteiger partial charge in [0.25, 0.3) is 16.0 Å². The largest absolute Gasteiger partial charge is 0.377 e. The van der Waals surface area contributed by atoms with Gasteiger partial charge in [-0.05, 0) is 31.4 Å². The number of hydrogen-bond donors (Lipinski definition) is 3. The third-order valence-corrected chi connectivity index (χ3v) is 4.60. The summed E-state index contributed by atoms with van der Waals surface area (Å²) < 4.78 is 33.5. The van der Waals surface area contributed by atoms with Gasteiger partial charge in [0.05, 0.1) is 17.9 Å². The molecule has 28 heavy (non-hydrogen) atoms. The molecule has 1 aromatic carbocycles. The van der Waals surface area contributed by atoms with Crippen molar-refractivity contribution in [3.8, 4) is 0 Å². The predicted molar refractivity (Wildman–Crippen MR) is 108 cm³/mol. The molecule has 0 saturated carbocycles. The van der Waals surface area contributed by atoms with E-state index >= 15 is 0 Å². The summed E-state index contributed by atoms with van der Waals surface area (Å²) in [6.45, 7) is 0.760. The number of nitrogens with one attached hydrogen (secondary N) is 1. The fourth-order valence-electron chi connectivity index (χ4n) is 3.22. The monoisotopic (exact) mass is 430 g/mol. The fourth-order valence-corrected chi connectivity index (χ4v) is 3.43. The number of rotatable bonds is 3. The Morgan fingerprint density at radius 1 is 1.46 bits per heavy atom. The zero-order chi connectivity index (χ0) is 20.9. The summed E-state index contributed by atoms with van der Waals surface area (Å²) in [5.74, 6) is 4.79. The highest BCUT2D eigenvalue weighted by Crippen LogP contribution is 2.37. The minimum Gasteiger partial charge on any atom is -0.377 e. The third-order valence-electron chi connectivity index (χ3n) is 4.27. The molecule has 1 atom stereocenters. The first kappa shape index (κ1) is 22.2. The van der Waals surface area contributed by atoms with Gasteiger partial charge in [-0.1, -0.05) is 17.7 Å². The van der Waals surface area contributed by atoms with E-state index in [-0.39, 0.29) is 12.0 Å². The van der Waals surface area contributed by atoms with Gasteiger partial charge >= 0.3 is 0 Å². The van der Waals surface area contributed by atoms with Crippen LogP contribution in [0, 0.1) is 0 Å². The summed E-state index contributed by atoms with van der Waals surface area (Å²) in [5, 5.41) is 7.35. The fraction of sp³-hybridized carbons (Fsp3) is 0.412. The molecule has 0 fully saturated rings. The van der Waals surface area contributed by atoms with Crippen molar-refractivity contribution >= 4 is 44.9 Å². The van der Waals surface area contributed by atoms with Crippen LogP contribution in [0.25, 0.3) is 10.9 Å². The van der Waals surface area contributed by atoms with Crippen LogP contribution in [0.5, 0.6) is 0 Å². The number of methoxy groups -OCH3 is 1. The Labute approximate surface area is 168 Å². The van der Waals surface area contributed by atoms with Crippen LogP contribution in [0.3, 0.4) is 0 Å². The maximum absolute atomic E-state index is 12.4. The number of hydrazone groups is 1. The Bertz CT molecular complexity index is 979. The standard InChI is InChI=1S/C16H19ClN4O2.CH4O3S/c1-23-14-4-2-3-7-21-13(16(22)19-9-20-18)8-11-12(17)6-5-10(14)15(11)21;1-5(2,3)4/h5-6,8-9,14H,2-4,7,18H2,1H3,(H,19,20,22);1H3,(H,2,3,4). The van der Waals surface area contributed by atoms with Crippen molar-refractivity contribution in [2.45, 2.75) is 31.9 Å². The number of nitrogens with zero attached hydrogens (tertiary/aromatic N) is 2. The van der Waals surface area contributed by atoms with Crippen molar-refractivity contribution in [2.24, 2.45) is 10.9 Å². The van der Waals surface area contributed by atoms with E-state index < -0.39 is 10.1 Å². The zero-order valence-corrected chi connectivity index (χ0v) is 17.1. The average Bonchev–Trinajstić information content (AvgIpc) is 2.97. The first-order chi connectivity index (χ1) is 13.2. The molecule has 0 aliphatic carbocycles. The van der Waals surface area contributed by atoms with E-state index in [2.05, 4.69) is 10.4 Å². The van der Waals surface area contributed by atoms with Crippen molar-refractivity contribution in [1.29, 1.82) is 0 Å². The molecule has 1 amide bonds. The molecule has 3 rings (SSSR count). The topological polar surface area (TPSA) is 136 Å². The van der Waals surface area contributed by atoms with Crippen LogP contribution in [0.1, 0.15) is 41.4 Å². The molecule has 0 radical (unpaired) electrons. The van der Waals surface area contributed by atoms with Gasteiger partial charge in [-0.2, -0.15) is 13.5 Å². The van der Waals surface area contributed by atoms with Crippen LogP contribution in [-0.4, -0.2) is 43.1 Å². The lowest BCUT2D eigenvalue weighted by Gasteiger charge is -2.22. The maximum Gasteiger partial charge on any atom is 0.273 e. The molecular weight excluding hydrogens is 408 g/mol.